The van der Waals surface area contributed by atoms with Gasteiger partial charge in [-0.2, -0.15) is 0 Å². The first-order valence-electron chi connectivity index (χ1n) is 0. The van der Waals surface area contributed by atoms with Gasteiger partial charge in [-0.05, 0) is 0 Å². The maximum Gasteiger partial charge on any atom is 1.00 e. The van der Waals surface area contributed by atoms with Crippen molar-refractivity contribution in [2.24, 2.45) is 0 Å². The molecule has 0 aliphatic rings. The summed E-state index contributed by atoms with van der Waals surface area (Å²) in [5.74, 6) is 0. The Kier molecular flexibility index (Phi) is 918. The van der Waals surface area contributed by atoms with Crippen LogP contribution in [0.4, 0.5) is 0 Å². The van der Waals surface area contributed by atoms with Gasteiger partial charge in [0.1, 0.15) is 0 Å². The van der Waals surface area contributed by atoms with E-state index in [0.717, 1.165) is 0 Å². The molecule has 6 N–H and O–H groups in total. The molecule has 0 bridgehead atoms. The van der Waals surface area contributed by atoms with Crippen LogP contribution in [-0.2, 0) is 0 Å². The molecule has 4 nitrogen and oxygen atoms in total. The Hall–Kier alpha value is 2.84. The zero-order valence-electron chi connectivity index (χ0n) is 5.05. The second-order valence-corrected chi connectivity index (χ2v) is 0. The predicted molar refractivity (Wildman–Crippen MR) is 10.8 cm³/mol. The molecule has 32 valence electrons. The third kappa shape index (κ3) is 51.3. The molecule has 7 heteroatoms. The first kappa shape index (κ1) is 95.3. The SMILES string of the molecule is N.[Na+].[Na+].[Na+].[OH-].[OH-].[OH-]. The molecule has 0 aromatic heterocycles. The minimum atomic E-state index is 0. The van der Waals surface area contributed by atoms with Gasteiger partial charge >= 0.3 is 88.7 Å². The summed E-state index contributed by atoms with van der Waals surface area (Å²) in [6.45, 7) is 0. The van der Waals surface area contributed by atoms with Gasteiger partial charge in [-0.25, -0.2) is 0 Å². The van der Waals surface area contributed by atoms with Gasteiger partial charge in [0.05, 0.1) is 0 Å². The fraction of sp³-hybridized carbons (Fsp3) is 0. The summed E-state index contributed by atoms with van der Waals surface area (Å²) in [5, 5.41) is 0. The van der Waals surface area contributed by atoms with Crippen molar-refractivity contribution in [1.82, 2.24) is 6.15 Å². The van der Waals surface area contributed by atoms with E-state index in [0.29, 0.717) is 0 Å². The Morgan fingerprint density at radius 3 is 0.429 bits per heavy atom. The molecular formula is H6NNa3O3. The van der Waals surface area contributed by atoms with Crippen molar-refractivity contribution in [1.29, 1.82) is 0 Å². The van der Waals surface area contributed by atoms with Gasteiger partial charge in [0.15, 0.2) is 0 Å². The molecular weight excluding hydrogens is 131 g/mol. The standard InChI is InChI=1S/H3N.3Na.3H2O/h1H3;;;;3*1H2/q;3*+1;;;/p-3. The second-order valence-electron chi connectivity index (χ2n) is 0. The Morgan fingerprint density at radius 1 is 0.429 bits per heavy atom. The zero-order chi connectivity index (χ0) is 0. The van der Waals surface area contributed by atoms with Crippen LogP contribution < -0.4 is 94.8 Å². The van der Waals surface area contributed by atoms with Crippen molar-refractivity contribution in [3.8, 4) is 0 Å². The Bertz CT molecular complexity index is 10.1. The summed E-state index contributed by atoms with van der Waals surface area (Å²) < 4.78 is 0. The van der Waals surface area contributed by atoms with Crippen LogP contribution in [0, 0.1) is 0 Å². The maximum absolute atomic E-state index is 0. The summed E-state index contributed by atoms with van der Waals surface area (Å²) in [4.78, 5) is 0. The van der Waals surface area contributed by atoms with Gasteiger partial charge in [0.2, 0.25) is 0 Å². The van der Waals surface area contributed by atoms with E-state index in [2.05, 4.69) is 0 Å². The fourth-order valence-corrected chi connectivity index (χ4v) is 0. The molecule has 0 saturated heterocycles. The number of hydrogen-bond donors (Lipinski definition) is 1. The van der Waals surface area contributed by atoms with E-state index in [1.54, 1.807) is 0 Å². The van der Waals surface area contributed by atoms with Crippen molar-refractivity contribution >= 4 is 0 Å². The van der Waals surface area contributed by atoms with Gasteiger partial charge in [0.25, 0.3) is 0 Å². The largest absolute Gasteiger partial charge is 1.00 e. The van der Waals surface area contributed by atoms with Crippen LogP contribution in [0.1, 0.15) is 0 Å². The van der Waals surface area contributed by atoms with Crippen LogP contribution in [0.3, 0.4) is 0 Å². The van der Waals surface area contributed by atoms with Crippen LogP contribution in [0.2, 0.25) is 0 Å². The quantitative estimate of drug-likeness (QED) is 0.332. The van der Waals surface area contributed by atoms with E-state index in [-0.39, 0.29) is 111 Å². The summed E-state index contributed by atoms with van der Waals surface area (Å²) >= 11 is 0. The van der Waals surface area contributed by atoms with E-state index >= 15 is 0 Å². The molecule has 0 rings (SSSR count). The molecule has 0 aromatic carbocycles. The van der Waals surface area contributed by atoms with E-state index in [1.165, 1.54) is 0 Å². The van der Waals surface area contributed by atoms with Gasteiger partial charge in [-0.3, -0.25) is 0 Å². The minimum Gasteiger partial charge on any atom is -0.870 e. The van der Waals surface area contributed by atoms with Crippen molar-refractivity contribution in [3.63, 3.8) is 0 Å². The minimum absolute atomic E-state index is 0. The number of rotatable bonds is 0. The van der Waals surface area contributed by atoms with Crippen LogP contribution >= 0.6 is 0 Å². The summed E-state index contributed by atoms with van der Waals surface area (Å²) in [6.07, 6.45) is 0. The third-order valence-corrected chi connectivity index (χ3v) is 0. The predicted octanol–water partition coefficient (Wildman–Crippen LogP) is -9.36. The molecule has 0 amide bonds. The van der Waals surface area contributed by atoms with Gasteiger partial charge in [-0.1, -0.05) is 0 Å². The molecule has 0 heterocycles. The van der Waals surface area contributed by atoms with Crippen LogP contribution in [0.25, 0.3) is 0 Å². The molecule has 0 aromatic rings. The smallest absolute Gasteiger partial charge is 0.870 e. The molecule has 0 atom stereocenters. The fourth-order valence-electron chi connectivity index (χ4n) is 0. The second kappa shape index (κ2) is 67.4. The van der Waals surface area contributed by atoms with E-state index in [4.69, 9.17) is 0 Å². The van der Waals surface area contributed by atoms with Crippen molar-refractivity contribution < 1.29 is 105 Å². The molecule has 0 aliphatic heterocycles. The Balaban J connectivity index is 0. The normalized spacial score (nSPS) is 0. The zero-order valence-corrected chi connectivity index (χ0v) is 11.0. The Labute approximate surface area is 109 Å². The van der Waals surface area contributed by atoms with Gasteiger partial charge < -0.3 is 22.6 Å². The monoisotopic (exact) mass is 137 g/mol. The first-order valence-corrected chi connectivity index (χ1v) is 0. The van der Waals surface area contributed by atoms with E-state index in [9.17, 15) is 0 Å². The van der Waals surface area contributed by atoms with Crippen molar-refractivity contribution in [2.75, 3.05) is 0 Å². The van der Waals surface area contributed by atoms with Crippen molar-refractivity contribution in [2.45, 2.75) is 0 Å². The summed E-state index contributed by atoms with van der Waals surface area (Å²) in [7, 11) is 0. The van der Waals surface area contributed by atoms with E-state index in [1.807, 2.05) is 0 Å². The van der Waals surface area contributed by atoms with Gasteiger partial charge in [0, 0.05) is 0 Å². The van der Waals surface area contributed by atoms with Crippen LogP contribution in [0.5, 0.6) is 0 Å². The molecule has 0 spiro atoms. The molecule has 0 aliphatic carbocycles. The molecule has 7 heavy (non-hydrogen) atoms. The first-order chi connectivity index (χ1) is 0. The molecule has 0 saturated carbocycles. The number of hydrogen-bond acceptors (Lipinski definition) is 4. The maximum atomic E-state index is 0. The Morgan fingerprint density at radius 2 is 0.429 bits per heavy atom. The summed E-state index contributed by atoms with van der Waals surface area (Å²) in [6, 6.07) is 0. The average molecular weight is 137 g/mol. The molecule has 0 radical (unpaired) electrons. The third-order valence-electron chi connectivity index (χ3n) is 0. The van der Waals surface area contributed by atoms with Gasteiger partial charge in [-0.15, -0.1) is 0 Å². The van der Waals surface area contributed by atoms with Crippen LogP contribution in [-0.4, -0.2) is 16.4 Å². The van der Waals surface area contributed by atoms with Crippen LogP contribution in [0.15, 0.2) is 0 Å². The molecule has 0 unspecified atom stereocenters. The topological polar surface area (TPSA) is 125 Å². The molecule has 0 fully saturated rings. The summed E-state index contributed by atoms with van der Waals surface area (Å²) in [5.41, 5.74) is 0. The van der Waals surface area contributed by atoms with Crippen molar-refractivity contribution in [3.05, 3.63) is 0 Å². The average Bonchev–Trinajstić information content (AvgIpc) is 0. The van der Waals surface area contributed by atoms with E-state index < -0.39 is 0 Å².